The maximum absolute atomic E-state index is 12.0. The van der Waals surface area contributed by atoms with Gasteiger partial charge in [0.15, 0.2) is 5.69 Å². The second kappa shape index (κ2) is 6.42. The fraction of sp³-hybridized carbons (Fsp3) is 0.429. The first kappa shape index (κ1) is 15.7. The Morgan fingerprint density at radius 1 is 1.36 bits per heavy atom. The molecule has 2 N–H and O–H groups in total. The van der Waals surface area contributed by atoms with Crippen LogP contribution in [-0.4, -0.2) is 36.5 Å². The number of nitrogens with one attached hydrogen (secondary N) is 1. The van der Waals surface area contributed by atoms with Gasteiger partial charge >= 0.3 is 5.97 Å². The molecule has 8 nitrogen and oxygen atoms in total. The number of nitrogens with zero attached hydrogens (tertiary/aromatic N) is 4. The molecule has 0 spiro atoms. The summed E-state index contributed by atoms with van der Waals surface area (Å²) in [6.07, 6.45) is 1.74. The molecule has 0 radical (unpaired) electrons. The number of aromatic nitrogens is 4. The van der Waals surface area contributed by atoms with Crippen LogP contribution in [0.2, 0.25) is 0 Å². The highest BCUT2D eigenvalue weighted by atomic mass is 16.4. The van der Waals surface area contributed by atoms with Crippen LogP contribution in [0.4, 0.5) is 5.82 Å². The van der Waals surface area contributed by atoms with Crippen molar-refractivity contribution < 1.29 is 14.7 Å². The molecule has 118 valence electrons. The maximum atomic E-state index is 12.0. The van der Waals surface area contributed by atoms with Crippen molar-refractivity contribution in [2.24, 2.45) is 0 Å². The fourth-order valence-electron chi connectivity index (χ4n) is 2.03. The number of carbonyl (C=O) groups excluding carboxylic acids is 1. The molecular weight excluding hydrogens is 286 g/mol. The Morgan fingerprint density at radius 2 is 2.09 bits per heavy atom. The summed E-state index contributed by atoms with van der Waals surface area (Å²) in [4.78, 5) is 22.7. The molecule has 2 heterocycles. The van der Waals surface area contributed by atoms with E-state index in [9.17, 15) is 9.59 Å². The first-order valence-electron chi connectivity index (χ1n) is 6.99. The minimum absolute atomic E-state index is 0.0334. The Labute approximate surface area is 127 Å². The number of aromatic carboxylic acids is 1. The van der Waals surface area contributed by atoms with Crippen LogP contribution in [0.5, 0.6) is 0 Å². The second-order valence-electron chi connectivity index (χ2n) is 5.28. The zero-order valence-corrected chi connectivity index (χ0v) is 12.8. The van der Waals surface area contributed by atoms with E-state index < -0.39 is 5.97 Å². The van der Waals surface area contributed by atoms with E-state index in [0.29, 0.717) is 12.4 Å². The van der Waals surface area contributed by atoms with Gasteiger partial charge in [-0.3, -0.25) is 9.48 Å². The van der Waals surface area contributed by atoms with Crippen LogP contribution in [0.1, 0.15) is 42.5 Å². The molecule has 0 atom stereocenters. The van der Waals surface area contributed by atoms with Crippen molar-refractivity contribution in [3.63, 3.8) is 0 Å². The molecule has 8 heteroatoms. The molecular formula is C14H19N5O3. The predicted octanol–water partition coefficient (Wildman–Crippen LogP) is 1.70. The van der Waals surface area contributed by atoms with Gasteiger partial charge in [-0.2, -0.15) is 10.2 Å². The average Bonchev–Trinajstić information content (AvgIpc) is 3.03. The van der Waals surface area contributed by atoms with Gasteiger partial charge in [0.05, 0.1) is 5.69 Å². The van der Waals surface area contributed by atoms with Crippen molar-refractivity contribution in [2.45, 2.75) is 39.8 Å². The van der Waals surface area contributed by atoms with Crippen LogP contribution in [0.15, 0.2) is 18.3 Å². The molecule has 0 bridgehead atoms. The lowest BCUT2D eigenvalue weighted by Crippen LogP contribution is -2.18. The van der Waals surface area contributed by atoms with E-state index in [2.05, 4.69) is 15.5 Å². The van der Waals surface area contributed by atoms with Crippen molar-refractivity contribution in [3.8, 4) is 0 Å². The summed E-state index contributed by atoms with van der Waals surface area (Å²) in [6.45, 7) is 6.15. The number of anilines is 1. The third kappa shape index (κ3) is 3.72. The summed E-state index contributed by atoms with van der Waals surface area (Å²) >= 11 is 0. The van der Waals surface area contributed by atoms with Gasteiger partial charge in [-0.15, -0.1) is 0 Å². The molecule has 0 aliphatic rings. The zero-order chi connectivity index (χ0) is 16.3. The van der Waals surface area contributed by atoms with Gasteiger partial charge in [-0.1, -0.05) is 0 Å². The van der Waals surface area contributed by atoms with E-state index in [4.69, 9.17) is 5.11 Å². The molecule has 2 aromatic rings. The second-order valence-corrected chi connectivity index (χ2v) is 5.28. The maximum Gasteiger partial charge on any atom is 0.356 e. The lowest BCUT2D eigenvalue weighted by atomic mass is 10.3. The fourth-order valence-corrected chi connectivity index (χ4v) is 2.03. The average molecular weight is 305 g/mol. The molecule has 0 fully saturated rings. The van der Waals surface area contributed by atoms with Crippen LogP contribution in [0.3, 0.4) is 0 Å². The van der Waals surface area contributed by atoms with Gasteiger partial charge in [-0.05, 0) is 26.8 Å². The van der Waals surface area contributed by atoms with Gasteiger partial charge in [-0.25, -0.2) is 9.48 Å². The number of carboxylic acid groups (broad SMARTS) is 1. The van der Waals surface area contributed by atoms with E-state index in [0.717, 1.165) is 5.69 Å². The normalized spacial score (nSPS) is 10.9. The highest BCUT2D eigenvalue weighted by Crippen LogP contribution is 2.16. The number of hydrogen-bond donors (Lipinski definition) is 2. The van der Waals surface area contributed by atoms with Crippen LogP contribution in [0.25, 0.3) is 0 Å². The Bertz CT molecular complexity index is 686. The van der Waals surface area contributed by atoms with Crippen LogP contribution < -0.4 is 5.32 Å². The lowest BCUT2D eigenvalue weighted by Gasteiger charge is -2.11. The van der Waals surface area contributed by atoms with Gasteiger partial charge in [0.2, 0.25) is 5.91 Å². The standard InChI is InChI=1S/C14H19N5O3/c1-9(2)19-12(8-10(3)16-19)15-13(20)5-7-18-6-4-11(17-18)14(21)22/h4,6,8-9H,5,7H2,1-3H3,(H,15,20)(H,21,22). The van der Waals surface area contributed by atoms with E-state index in [1.165, 1.54) is 10.7 Å². The summed E-state index contributed by atoms with van der Waals surface area (Å²) in [5.41, 5.74) is 0.802. The number of carbonyl (C=O) groups is 2. The summed E-state index contributed by atoms with van der Waals surface area (Å²) in [5.74, 6) is -0.599. The van der Waals surface area contributed by atoms with Crippen LogP contribution in [0, 0.1) is 6.92 Å². The molecule has 0 saturated heterocycles. The van der Waals surface area contributed by atoms with Gasteiger partial charge in [0, 0.05) is 31.3 Å². The molecule has 0 aliphatic carbocycles. The summed E-state index contributed by atoms with van der Waals surface area (Å²) < 4.78 is 3.19. The van der Waals surface area contributed by atoms with E-state index in [1.54, 1.807) is 10.9 Å². The van der Waals surface area contributed by atoms with E-state index >= 15 is 0 Å². The summed E-state index contributed by atoms with van der Waals surface area (Å²) in [7, 11) is 0. The van der Waals surface area contributed by atoms with Crippen molar-refractivity contribution in [1.29, 1.82) is 0 Å². The number of hydrogen-bond acceptors (Lipinski definition) is 4. The number of aryl methyl sites for hydroxylation is 2. The topological polar surface area (TPSA) is 102 Å². The molecule has 0 aromatic carbocycles. The molecule has 2 aromatic heterocycles. The van der Waals surface area contributed by atoms with E-state index in [-0.39, 0.29) is 24.1 Å². The number of carboxylic acids is 1. The third-order valence-electron chi connectivity index (χ3n) is 3.04. The van der Waals surface area contributed by atoms with Crippen molar-refractivity contribution in [3.05, 3.63) is 29.7 Å². The molecule has 22 heavy (non-hydrogen) atoms. The Kier molecular flexibility index (Phi) is 4.59. The van der Waals surface area contributed by atoms with Crippen molar-refractivity contribution >= 4 is 17.7 Å². The minimum Gasteiger partial charge on any atom is -0.476 e. The van der Waals surface area contributed by atoms with Crippen molar-refractivity contribution in [1.82, 2.24) is 19.6 Å². The number of amides is 1. The van der Waals surface area contributed by atoms with Crippen LogP contribution in [-0.2, 0) is 11.3 Å². The minimum atomic E-state index is -1.08. The summed E-state index contributed by atoms with van der Waals surface area (Å²) in [6, 6.07) is 3.36. The highest BCUT2D eigenvalue weighted by Gasteiger charge is 2.12. The Morgan fingerprint density at radius 3 is 2.68 bits per heavy atom. The van der Waals surface area contributed by atoms with E-state index in [1.807, 2.05) is 26.8 Å². The van der Waals surface area contributed by atoms with Gasteiger partial charge in [0.25, 0.3) is 0 Å². The molecule has 2 rings (SSSR count). The summed E-state index contributed by atoms with van der Waals surface area (Å²) in [5, 5.41) is 19.8. The molecule has 0 aliphatic heterocycles. The largest absolute Gasteiger partial charge is 0.476 e. The SMILES string of the molecule is Cc1cc(NC(=O)CCn2ccc(C(=O)O)n2)n(C(C)C)n1. The third-order valence-corrected chi connectivity index (χ3v) is 3.04. The lowest BCUT2D eigenvalue weighted by molar-refractivity contribution is -0.116. The first-order valence-corrected chi connectivity index (χ1v) is 6.99. The predicted molar refractivity (Wildman–Crippen MR) is 79.8 cm³/mol. The van der Waals surface area contributed by atoms with Gasteiger partial charge in [0.1, 0.15) is 5.82 Å². The number of rotatable bonds is 6. The smallest absolute Gasteiger partial charge is 0.356 e. The molecule has 1 amide bonds. The Hall–Kier alpha value is -2.64. The quantitative estimate of drug-likeness (QED) is 0.845. The van der Waals surface area contributed by atoms with Gasteiger partial charge < -0.3 is 10.4 Å². The highest BCUT2D eigenvalue weighted by molar-refractivity contribution is 5.89. The molecule has 0 saturated carbocycles. The van der Waals surface area contributed by atoms with Crippen molar-refractivity contribution in [2.75, 3.05) is 5.32 Å². The Balaban J connectivity index is 1.94. The first-order chi connectivity index (χ1) is 10.4. The van der Waals surface area contributed by atoms with Crippen LogP contribution >= 0.6 is 0 Å². The monoisotopic (exact) mass is 305 g/mol. The zero-order valence-electron chi connectivity index (χ0n) is 12.8. The molecule has 0 unspecified atom stereocenters.